The summed E-state index contributed by atoms with van der Waals surface area (Å²) in [6.07, 6.45) is 7.39. The molecule has 0 aromatic rings. The second-order valence-corrected chi connectivity index (χ2v) is 2.64. The number of allylic oxidation sites excluding steroid dienone is 2. The molecular formula is C8H9N3O. The lowest BCUT2D eigenvalue weighted by atomic mass is 10.1. The Morgan fingerprint density at radius 2 is 2.50 bits per heavy atom. The SMILES string of the molecule is NC(=O)C1=CNN2CC=CC=C12. The summed E-state index contributed by atoms with van der Waals surface area (Å²) in [5.41, 5.74) is 9.50. The fourth-order valence-electron chi connectivity index (χ4n) is 1.28. The van der Waals surface area contributed by atoms with Crippen molar-refractivity contribution >= 4 is 5.91 Å². The van der Waals surface area contributed by atoms with Crippen LogP contribution in [0.2, 0.25) is 0 Å². The van der Waals surface area contributed by atoms with Crippen molar-refractivity contribution in [2.24, 2.45) is 5.73 Å². The highest BCUT2D eigenvalue weighted by atomic mass is 16.1. The average molecular weight is 163 g/mol. The van der Waals surface area contributed by atoms with Crippen LogP contribution < -0.4 is 11.2 Å². The van der Waals surface area contributed by atoms with Crippen LogP contribution in [0.3, 0.4) is 0 Å². The van der Waals surface area contributed by atoms with Gasteiger partial charge in [0.15, 0.2) is 0 Å². The molecule has 3 N–H and O–H groups in total. The Hall–Kier alpha value is -1.71. The van der Waals surface area contributed by atoms with Crippen LogP contribution in [0.5, 0.6) is 0 Å². The monoisotopic (exact) mass is 163 g/mol. The fraction of sp³-hybridized carbons (Fsp3) is 0.125. The summed E-state index contributed by atoms with van der Waals surface area (Å²) in [5.74, 6) is -0.397. The number of nitrogens with zero attached hydrogens (tertiary/aromatic N) is 1. The van der Waals surface area contributed by atoms with Crippen molar-refractivity contribution in [3.63, 3.8) is 0 Å². The maximum Gasteiger partial charge on any atom is 0.252 e. The smallest absolute Gasteiger partial charge is 0.252 e. The molecule has 0 aromatic carbocycles. The third kappa shape index (κ3) is 0.887. The van der Waals surface area contributed by atoms with Crippen molar-refractivity contribution < 1.29 is 4.79 Å². The van der Waals surface area contributed by atoms with Crippen LogP contribution in [0.25, 0.3) is 0 Å². The predicted octanol–water partition coefficient (Wildman–Crippen LogP) is -0.371. The van der Waals surface area contributed by atoms with Crippen molar-refractivity contribution in [2.45, 2.75) is 0 Å². The fourth-order valence-corrected chi connectivity index (χ4v) is 1.28. The zero-order chi connectivity index (χ0) is 8.55. The number of carbonyl (C=O) groups excluding carboxylic acids is 1. The zero-order valence-electron chi connectivity index (χ0n) is 6.45. The Bertz CT molecular complexity index is 314. The highest BCUT2D eigenvalue weighted by molar-refractivity contribution is 5.96. The minimum Gasteiger partial charge on any atom is -0.365 e. The first-order chi connectivity index (χ1) is 5.79. The number of carbonyl (C=O) groups is 1. The van der Waals surface area contributed by atoms with Gasteiger partial charge in [0.2, 0.25) is 0 Å². The zero-order valence-corrected chi connectivity index (χ0v) is 6.45. The summed E-state index contributed by atoms with van der Waals surface area (Å²) in [5, 5.41) is 1.86. The van der Waals surface area contributed by atoms with Crippen molar-refractivity contribution in [1.29, 1.82) is 0 Å². The first-order valence-electron chi connectivity index (χ1n) is 3.70. The van der Waals surface area contributed by atoms with Gasteiger partial charge in [0.05, 0.1) is 17.8 Å². The van der Waals surface area contributed by atoms with E-state index in [1.807, 2.05) is 23.2 Å². The first kappa shape index (κ1) is 6.97. The van der Waals surface area contributed by atoms with Gasteiger partial charge >= 0.3 is 0 Å². The van der Waals surface area contributed by atoms with Crippen molar-refractivity contribution in [3.05, 3.63) is 35.7 Å². The number of hydrogen-bond donors (Lipinski definition) is 2. The highest BCUT2D eigenvalue weighted by Gasteiger charge is 2.23. The Labute approximate surface area is 70.0 Å². The number of hydrogen-bond acceptors (Lipinski definition) is 3. The topological polar surface area (TPSA) is 58.4 Å². The molecule has 0 aliphatic carbocycles. The van der Waals surface area contributed by atoms with E-state index in [0.717, 1.165) is 12.2 Å². The van der Waals surface area contributed by atoms with Crippen LogP contribution >= 0.6 is 0 Å². The molecule has 62 valence electrons. The second-order valence-electron chi connectivity index (χ2n) is 2.64. The predicted molar refractivity (Wildman–Crippen MR) is 44.3 cm³/mol. The van der Waals surface area contributed by atoms with Crippen molar-refractivity contribution in [2.75, 3.05) is 6.54 Å². The lowest BCUT2D eigenvalue weighted by molar-refractivity contribution is -0.114. The van der Waals surface area contributed by atoms with E-state index in [9.17, 15) is 4.79 Å². The number of nitrogens with two attached hydrogens (primary N) is 1. The maximum atomic E-state index is 10.9. The number of fused-ring (bicyclic) bond motifs is 1. The second kappa shape index (κ2) is 2.41. The largest absolute Gasteiger partial charge is 0.365 e. The molecule has 12 heavy (non-hydrogen) atoms. The molecule has 1 amide bonds. The lowest BCUT2D eigenvalue weighted by Crippen LogP contribution is -2.31. The molecule has 0 bridgehead atoms. The molecule has 4 heteroatoms. The van der Waals surface area contributed by atoms with E-state index >= 15 is 0 Å². The molecule has 2 aliphatic rings. The van der Waals surface area contributed by atoms with Gasteiger partial charge in [-0.2, -0.15) is 0 Å². The van der Waals surface area contributed by atoms with E-state index in [1.54, 1.807) is 6.20 Å². The van der Waals surface area contributed by atoms with Gasteiger partial charge in [0.25, 0.3) is 5.91 Å². The van der Waals surface area contributed by atoms with E-state index in [1.165, 1.54) is 0 Å². The molecule has 0 saturated carbocycles. The van der Waals surface area contributed by atoms with E-state index in [4.69, 9.17) is 5.73 Å². The van der Waals surface area contributed by atoms with Gasteiger partial charge in [-0.15, -0.1) is 0 Å². The van der Waals surface area contributed by atoms with E-state index in [0.29, 0.717) is 5.57 Å². The van der Waals surface area contributed by atoms with Gasteiger partial charge in [-0.3, -0.25) is 9.80 Å². The number of rotatable bonds is 1. The molecule has 2 rings (SSSR count). The minimum absolute atomic E-state index is 0.397. The Kier molecular flexibility index (Phi) is 1.40. The maximum absolute atomic E-state index is 10.9. The van der Waals surface area contributed by atoms with Crippen molar-refractivity contribution in [3.8, 4) is 0 Å². The molecule has 0 unspecified atom stereocenters. The quantitative estimate of drug-likeness (QED) is 0.554. The van der Waals surface area contributed by atoms with Crippen LogP contribution in [0.4, 0.5) is 0 Å². The number of nitrogens with one attached hydrogen (secondary N) is 1. The molecule has 0 fully saturated rings. The van der Waals surface area contributed by atoms with Gasteiger partial charge in [0, 0.05) is 6.20 Å². The molecule has 2 heterocycles. The first-order valence-corrected chi connectivity index (χ1v) is 3.70. The van der Waals surface area contributed by atoms with E-state index in [-0.39, 0.29) is 0 Å². The lowest BCUT2D eigenvalue weighted by Gasteiger charge is -2.21. The van der Waals surface area contributed by atoms with Gasteiger partial charge in [-0.05, 0) is 6.08 Å². The Balaban J connectivity index is 2.34. The molecule has 0 aromatic heterocycles. The van der Waals surface area contributed by atoms with Crippen LogP contribution in [0.1, 0.15) is 0 Å². The minimum atomic E-state index is -0.397. The Morgan fingerprint density at radius 3 is 3.25 bits per heavy atom. The van der Waals surface area contributed by atoms with Crippen molar-refractivity contribution in [1.82, 2.24) is 10.4 Å². The average Bonchev–Trinajstić information content (AvgIpc) is 2.47. The highest BCUT2D eigenvalue weighted by Crippen LogP contribution is 2.20. The number of primary amides is 1. The number of hydrazine groups is 1. The normalized spacial score (nSPS) is 19.5. The summed E-state index contributed by atoms with van der Waals surface area (Å²) in [4.78, 5) is 10.9. The van der Waals surface area contributed by atoms with Gasteiger partial charge in [0.1, 0.15) is 0 Å². The van der Waals surface area contributed by atoms with Crippen LogP contribution in [-0.4, -0.2) is 17.5 Å². The molecule has 0 atom stereocenters. The molecule has 2 aliphatic heterocycles. The van der Waals surface area contributed by atoms with Crippen LogP contribution in [-0.2, 0) is 4.79 Å². The summed E-state index contributed by atoms with van der Waals surface area (Å²) in [6, 6.07) is 0. The number of amides is 1. The van der Waals surface area contributed by atoms with Gasteiger partial charge in [-0.25, -0.2) is 0 Å². The summed E-state index contributed by atoms with van der Waals surface area (Å²) in [6.45, 7) is 0.763. The van der Waals surface area contributed by atoms with Gasteiger partial charge < -0.3 is 11.2 Å². The molecule has 4 nitrogen and oxygen atoms in total. The molecule has 0 spiro atoms. The molecular weight excluding hydrogens is 154 g/mol. The molecule has 0 saturated heterocycles. The summed E-state index contributed by atoms with van der Waals surface area (Å²) >= 11 is 0. The summed E-state index contributed by atoms with van der Waals surface area (Å²) in [7, 11) is 0. The van der Waals surface area contributed by atoms with E-state index < -0.39 is 5.91 Å². The third-order valence-corrected chi connectivity index (χ3v) is 1.88. The van der Waals surface area contributed by atoms with Crippen LogP contribution in [0.15, 0.2) is 35.7 Å². The molecule has 0 radical (unpaired) electrons. The Morgan fingerprint density at radius 1 is 1.67 bits per heavy atom. The standard InChI is InChI=1S/C8H9N3O/c9-8(12)6-5-10-11-4-2-1-3-7(6)11/h1-3,5,10H,4H2,(H2,9,12). The van der Waals surface area contributed by atoms with Crippen LogP contribution in [0, 0.1) is 0 Å². The van der Waals surface area contributed by atoms with E-state index in [2.05, 4.69) is 5.43 Å². The van der Waals surface area contributed by atoms with Gasteiger partial charge in [-0.1, -0.05) is 12.2 Å². The third-order valence-electron chi connectivity index (χ3n) is 1.88. The summed E-state index contributed by atoms with van der Waals surface area (Å²) < 4.78 is 0.